The summed E-state index contributed by atoms with van der Waals surface area (Å²) in [5.74, 6) is 0.568. The quantitative estimate of drug-likeness (QED) is 0.771. The zero-order chi connectivity index (χ0) is 12.0. The first kappa shape index (κ1) is 13.2. The highest BCUT2D eigenvalue weighted by Gasteiger charge is 2.08. The van der Waals surface area contributed by atoms with E-state index in [-0.39, 0.29) is 5.82 Å². The lowest BCUT2D eigenvalue weighted by atomic mass is 10.0. The van der Waals surface area contributed by atoms with Crippen LogP contribution >= 0.6 is 0 Å². The standard InChI is InChI=1S/C14H22FN/c1-4-12(5-2)10-16-11(3)13-6-8-14(15)9-7-13/h6-9,11-12,16H,4-5,10H2,1-3H3/t11-/m1/s1. The van der Waals surface area contributed by atoms with Crippen molar-refractivity contribution in [1.82, 2.24) is 5.32 Å². The van der Waals surface area contributed by atoms with Crippen LogP contribution in [-0.2, 0) is 0 Å². The van der Waals surface area contributed by atoms with Gasteiger partial charge < -0.3 is 5.32 Å². The summed E-state index contributed by atoms with van der Waals surface area (Å²) in [7, 11) is 0. The van der Waals surface area contributed by atoms with Gasteiger partial charge in [-0.1, -0.05) is 38.8 Å². The van der Waals surface area contributed by atoms with Gasteiger partial charge >= 0.3 is 0 Å². The zero-order valence-corrected chi connectivity index (χ0v) is 10.5. The van der Waals surface area contributed by atoms with Gasteiger partial charge in [-0.2, -0.15) is 0 Å². The molecule has 0 amide bonds. The molecule has 0 aliphatic carbocycles. The van der Waals surface area contributed by atoms with Crippen LogP contribution in [0.4, 0.5) is 4.39 Å². The predicted molar refractivity (Wildman–Crippen MR) is 66.9 cm³/mol. The van der Waals surface area contributed by atoms with E-state index < -0.39 is 0 Å². The van der Waals surface area contributed by atoms with E-state index in [0.29, 0.717) is 6.04 Å². The van der Waals surface area contributed by atoms with E-state index in [9.17, 15) is 4.39 Å². The molecule has 0 saturated heterocycles. The fraction of sp³-hybridized carbons (Fsp3) is 0.571. The average Bonchev–Trinajstić information content (AvgIpc) is 2.31. The van der Waals surface area contributed by atoms with Crippen LogP contribution < -0.4 is 5.32 Å². The monoisotopic (exact) mass is 223 g/mol. The lowest BCUT2D eigenvalue weighted by Gasteiger charge is -2.18. The minimum Gasteiger partial charge on any atom is -0.310 e. The molecular weight excluding hydrogens is 201 g/mol. The Hall–Kier alpha value is -0.890. The van der Waals surface area contributed by atoms with Gasteiger partial charge in [-0.25, -0.2) is 4.39 Å². The first-order chi connectivity index (χ1) is 7.67. The fourth-order valence-electron chi connectivity index (χ4n) is 1.79. The molecule has 0 aliphatic heterocycles. The number of halogens is 1. The van der Waals surface area contributed by atoms with Crippen molar-refractivity contribution < 1.29 is 4.39 Å². The molecule has 1 N–H and O–H groups in total. The molecule has 0 aromatic heterocycles. The molecule has 1 rings (SSSR count). The van der Waals surface area contributed by atoms with Crippen LogP contribution in [0.5, 0.6) is 0 Å². The van der Waals surface area contributed by atoms with Crippen molar-refractivity contribution >= 4 is 0 Å². The second kappa shape index (κ2) is 6.64. The molecule has 16 heavy (non-hydrogen) atoms. The SMILES string of the molecule is CCC(CC)CN[C@H](C)c1ccc(F)cc1. The van der Waals surface area contributed by atoms with E-state index in [2.05, 4.69) is 26.1 Å². The smallest absolute Gasteiger partial charge is 0.123 e. The molecule has 0 spiro atoms. The van der Waals surface area contributed by atoms with Crippen LogP contribution in [0.15, 0.2) is 24.3 Å². The van der Waals surface area contributed by atoms with E-state index in [1.807, 2.05) is 12.1 Å². The number of rotatable bonds is 6. The second-order valence-corrected chi connectivity index (χ2v) is 4.36. The van der Waals surface area contributed by atoms with Gasteiger partial charge in [0, 0.05) is 6.04 Å². The molecule has 0 bridgehead atoms. The minimum absolute atomic E-state index is 0.170. The summed E-state index contributed by atoms with van der Waals surface area (Å²) in [5.41, 5.74) is 1.15. The largest absolute Gasteiger partial charge is 0.310 e. The van der Waals surface area contributed by atoms with Gasteiger partial charge in [0.05, 0.1) is 0 Å². The molecule has 90 valence electrons. The summed E-state index contributed by atoms with van der Waals surface area (Å²) in [6, 6.07) is 7.02. The fourth-order valence-corrected chi connectivity index (χ4v) is 1.79. The maximum Gasteiger partial charge on any atom is 0.123 e. The van der Waals surface area contributed by atoms with Crippen LogP contribution in [0.3, 0.4) is 0 Å². The van der Waals surface area contributed by atoms with Crippen LogP contribution in [0.25, 0.3) is 0 Å². The molecule has 1 aromatic rings. The van der Waals surface area contributed by atoms with E-state index in [1.54, 1.807) is 0 Å². The molecule has 0 unspecified atom stereocenters. The third-order valence-electron chi connectivity index (χ3n) is 3.24. The molecule has 0 heterocycles. The number of benzene rings is 1. The average molecular weight is 223 g/mol. The third kappa shape index (κ3) is 3.93. The summed E-state index contributed by atoms with van der Waals surface area (Å²) < 4.78 is 12.8. The maximum absolute atomic E-state index is 12.8. The first-order valence-electron chi connectivity index (χ1n) is 6.16. The van der Waals surface area contributed by atoms with Gasteiger partial charge in [-0.15, -0.1) is 0 Å². The molecule has 0 fully saturated rings. The first-order valence-corrected chi connectivity index (χ1v) is 6.16. The van der Waals surface area contributed by atoms with Crippen molar-refractivity contribution in [2.75, 3.05) is 6.54 Å². The van der Waals surface area contributed by atoms with E-state index in [1.165, 1.54) is 25.0 Å². The lowest BCUT2D eigenvalue weighted by molar-refractivity contribution is 0.422. The van der Waals surface area contributed by atoms with Crippen molar-refractivity contribution in [3.63, 3.8) is 0 Å². The minimum atomic E-state index is -0.170. The highest BCUT2D eigenvalue weighted by molar-refractivity contribution is 5.19. The van der Waals surface area contributed by atoms with Gasteiger partial charge in [0.1, 0.15) is 5.82 Å². The molecule has 1 aromatic carbocycles. The normalized spacial score (nSPS) is 13.1. The molecular formula is C14H22FN. The highest BCUT2D eigenvalue weighted by atomic mass is 19.1. The number of nitrogens with one attached hydrogen (secondary N) is 1. The Kier molecular flexibility index (Phi) is 5.47. The summed E-state index contributed by atoms with van der Waals surface area (Å²) in [5, 5.41) is 3.50. The number of hydrogen-bond donors (Lipinski definition) is 1. The van der Waals surface area contributed by atoms with E-state index in [0.717, 1.165) is 18.0 Å². The Morgan fingerprint density at radius 2 is 1.69 bits per heavy atom. The third-order valence-corrected chi connectivity index (χ3v) is 3.24. The summed E-state index contributed by atoms with van der Waals surface area (Å²) in [6.45, 7) is 7.60. The Morgan fingerprint density at radius 3 is 2.19 bits per heavy atom. The lowest BCUT2D eigenvalue weighted by Crippen LogP contribution is -2.25. The van der Waals surface area contributed by atoms with Gasteiger partial charge in [-0.05, 0) is 37.1 Å². The van der Waals surface area contributed by atoms with Crippen molar-refractivity contribution in [1.29, 1.82) is 0 Å². The topological polar surface area (TPSA) is 12.0 Å². The van der Waals surface area contributed by atoms with Crippen molar-refractivity contribution in [3.05, 3.63) is 35.6 Å². The van der Waals surface area contributed by atoms with E-state index >= 15 is 0 Å². The maximum atomic E-state index is 12.8. The molecule has 1 nitrogen and oxygen atoms in total. The van der Waals surface area contributed by atoms with Crippen LogP contribution in [0, 0.1) is 11.7 Å². The molecule has 0 saturated carbocycles. The van der Waals surface area contributed by atoms with Gasteiger partial charge in [0.15, 0.2) is 0 Å². The predicted octanol–water partition coefficient (Wildman–Crippen LogP) is 3.91. The van der Waals surface area contributed by atoms with Gasteiger partial charge in [-0.3, -0.25) is 0 Å². The van der Waals surface area contributed by atoms with Crippen molar-refractivity contribution in [2.45, 2.75) is 39.7 Å². The second-order valence-electron chi connectivity index (χ2n) is 4.36. The Labute approximate surface area is 98.1 Å². The number of hydrogen-bond acceptors (Lipinski definition) is 1. The van der Waals surface area contributed by atoms with Crippen LogP contribution in [0.1, 0.15) is 45.2 Å². The van der Waals surface area contributed by atoms with Crippen LogP contribution in [0.2, 0.25) is 0 Å². The van der Waals surface area contributed by atoms with E-state index in [4.69, 9.17) is 0 Å². The highest BCUT2D eigenvalue weighted by Crippen LogP contribution is 2.14. The van der Waals surface area contributed by atoms with Gasteiger partial charge in [0.25, 0.3) is 0 Å². The summed E-state index contributed by atoms with van der Waals surface area (Å²) >= 11 is 0. The molecule has 0 radical (unpaired) electrons. The Bertz CT molecular complexity index is 290. The molecule has 1 atom stereocenters. The van der Waals surface area contributed by atoms with Gasteiger partial charge in [0.2, 0.25) is 0 Å². The summed E-state index contributed by atoms with van der Waals surface area (Å²) in [6.07, 6.45) is 2.42. The summed E-state index contributed by atoms with van der Waals surface area (Å²) in [4.78, 5) is 0. The van der Waals surface area contributed by atoms with Crippen molar-refractivity contribution in [3.8, 4) is 0 Å². The Morgan fingerprint density at radius 1 is 1.12 bits per heavy atom. The van der Waals surface area contributed by atoms with Crippen molar-refractivity contribution in [2.24, 2.45) is 5.92 Å². The molecule has 2 heteroatoms. The Balaban J connectivity index is 2.46. The molecule has 0 aliphatic rings. The zero-order valence-electron chi connectivity index (χ0n) is 10.5. The van der Waals surface area contributed by atoms with Crippen LogP contribution in [-0.4, -0.2) is 6.54 Å².